The normalized spacial score (nSPS) is 10.9. The van der Waals surface area contributed by atoms with Crippen LogP contribution >= 0.6 is 27.3 Å². The van der Waals surface area contributed by atoms with Crippen molar-refractivity contribution >= 4 is 33.0 Å². The molecule has 0 spiro atoms. The summed E-state index contributed by atoms with van der Waals surface area (Å²) in [6.45, 7) is 1.99. The van der Waals surface area contributed by atoms with Gasteiger partial charge in [0.2, 0.25) is 0 Å². The van der Waals surface area contributed by atoms with E-state index >= 15 is 0 Å². The molecule has 4 aromatic rings. The molecule has 140 valence electrons. The number of nitrogens with zero attached hydrogens (tertiary/aromatic N) is 2. The molecule has 0 aliphatic carbocycles. The van der Waals surface area contributed by atoms with Crippen molar-refractivity contribution in [2.75, 3.05) is 0 Å². The lowest BCUT2D eigenvalue weighted by molar-refractivity contribution is 0.0996. The van der Waals surface area contributed by atoms with Gasteiger partial charge in [0.15, 0.2) is 5.78 Å². The average molecular weight is 451 g/mol. The van der Waals surface area contributed by atoms with Crippen molar-refractivity contribution in [3.05, 3.63) is 104 Å². The first-order valence-corrected chi connectivity index (χ1v) is 10.7. The molecule has 5 heteroatoms. The van der Waals surface area contributed by atoms with Crippen LogP contribution in [0.25, 0.3) is 5.69 Å². The van der Waals surface area contributed by atoms with Gasteiger partial charge in [-0.1, -0.05) is 52.3 Å². The van der Waals surface area contributed by atoms with E-state index in [4.69, 9.17) is 5.10 Å². The number of hydrogen-bond donors (Lipinski definition) is 0. The summed E-state index contributed by atoms with van der Waals surface area (Å²) in [5.41, 5.74) is 5.18. The second-order valence-corrected chi connectivity index (χ2v) is 8.50. The summed E-state index contributed by atoms with van der Waals surface area (Å²) < 4.78 is 3.03. The largest absolute Gasteiger partial charge is 0.293 e. The average Bonchev–Trinajstić information content (AvgIpc) is 3.35. The van der Waals surface area contributed by atoms with Crippen molar-refractivity contribution in [3.63, 3.8) is 0 Å². The summed E-state index contributed by atoms with van der Waals surface area (Å²) in [4.78, 5) is 13.6. The van der Waals surface area contributed by atoms with E-state index in [0.29, 0.717) is 6.42 Å². The first-order chi connectivity index (χ1) is 13.6. The molecule has 0 aliphatic heterocycles. The van der Waals surface area contributed by atoms with E-state index in [0.717, 1.165) is 38.4 Å². The Morgan fingerprint density at radius 3 is 2.46 bits per heavy atom. The van der Waals surface area contributed by atoms with Gasteiger partial charge in [0.05, 0.1) is 22.0 Å². The molecule has 3 nitrogen and oxygen atoms in total. The van der Waals surface area contributed by atoms with Crippen LogP contribution in [0.2, 0.25) is 0 Å². The molecule has 0 fully saturated rings. The van der Waals surface area contributed by atoms with Crippen LogP contribution in [0.5, 0.6) is 0 Å². The van der Waals surface area contributed by atoms with Gasteiger partial charge in [0, 0.05) is 22.9 Å². The van der Waals surface area contributed by atoms with Crippen molar-refractivity contribution in [1.29, 1.82) is 0 Å². The molecular weight excluding hydrogens is 432 g/mol. The highest BCUT2D eigenvalue weighted by Crippen LogP contribution is 2.25. The Kier molecular flexibility index (Phi) is 5.55. The van der Waals surface area contributed by atoms with Gasteiger partial charge >= 0.3 is 0 Å². The van der Waals surface area contributed by atoms with Crippen LogP contribution in [0.3, 0.4) is 0 Å². The van der Waals surface area contributed by atoms with Gasteiger partial charge in [-0.15, -0.1) is 11.3 Å². The highest BCUT2D eigenvalue weighted by Gasteiger charge is 2.20. The van der Waals surface area contributed by atoms with E-state index in [2.05, 4.69) is 28.1 Å². The van der Waals surface area contributed by atoms with Gasteiger partial charge in [0.25, 0.3) is 0 Å². The second-order valence-electron chi connectivity index (χ2n) is 6.64. The summed E-state index contributed by atoms with van der Waals surface area (Å²) in [5, 5.41) is 6.73. The van der Waals surface area contributed by atoms with Crippen LogP contribution in [-0.4, -0.2) is 15.6 Å². The number of carbonyl (C=O) groups excluding carboxylic acids is 1. The Labute approximate surface area is 176 Å². The first kappa shape index (κ1) is 18.8. The minimum Gasteiger partial charge on any atom is -0.293 e. The summed E-state index contributed by atoms with van der Waals surface area (Å²) in [5.74, 6) is 0.141. The Morgan fingerprint density at radius 2 is 1.79 bits per heavy atom. The SMILES string of the molecule is Cc1nn(-c2ccccc2)c(Cc2ccc(Br)cc2)c1CC(=O)c1cccs1. The van der Waals surface area contributed by atoms with E-state index in [9.17, 15) is 4.79 Å². The molecule has 2 aromatic heterocycles. The molecule has 0 aliphatic rings. The highest BCUT2D eigenvalue weighted by atomic mass is 79.9. The Bertz CT molecular complexity index is 1080. The molecule has 4 rings (SSSR count). The minimum atomic E-state index is 0.141. The number of rotatable bonds is 6. The van der Waals surface area contributed by atoms with Crippen LogP contribution in [0.15, 0.2) is 76.6 Å². The number of para-hydroxylation sites is 1. The van der Waals surface area contributed by atoms with Gasteiger partial charge in [0.1, 0.15) is 0 Å². The van der Waals surface area contributed by atoms with E-state index in [-0.39, 0.29) is 5.78 Å². The van der Waals surface area contributed by atoms with Crippen molar-refractivity contribution in [1.82, 2.24) is 9.78 Å². The van der Waals surface area contributed by atoms with Gasteiger partial charge in [-0.25, -0.2) is 4.68 Å². The molecule has 2 aromatic carbocycles. The van der Waals surface area contributed by atoms with Crippen molar-refractivity contribution in [2.24, 2.45) is 0 Å². The highest BCUT2D eigenvalue weighted by molar-refractivity contribution is 9.10. The quantitative estimate of drug-likeness (QED) is 0.336. The van der Waals surface area contributed by atoms with E-state index in [1.807, 2.05) is 71.6 Å². The number of halogens is 1. The zero-order chi connectivity index (χ0) is 19.5. The van der Waals surface area contributed by atoms with E-state index in [1.165, 1.54) is 16.9 Å². The second kappa shape index (κ2) is 8.25. The number of Topliss-reactive ketones (excluding diaryl/α,β-unsaturated/α-hetero) is 1. The number of ketones is 1. The third-order valence-corrected chi connectivity index (χ3v) is 6.15. The molecular formula is C23H19BrN2OS. The maximum absolute atomic E-state index is 12.8. The van der Waals surface area contributed by atoms with Crippen LogP contribution in [0.4, 0.5) is 0 Å². The Morgan fingerprint density at radius 1 is 1.04 bits per heavy atom. The van der Waals surface area contributed by atoms with Crippen molar-refractivity contribution in [3.8, 4) is 5.69 Å². The summed E-state index contributed by atoms with van der Waals surface area (Å²) in [7, 11) is 0. The summed E-state index contributed by atoms with van der Waals surface area (Å²) in [6, 6.07) is 22.2. The number of hydrogen-bond acceptors (Lipinski definition) is 3. The standard InChI is InChI=1S/C23H19BrN2OS/c1-16-20(15-22(27)23-8-5-13-28-23)21(14-17-9-11-18(24)12-10-17)26(25-16)19-6-3-2-4-7-19/h2-13H,14-15H2,1H3. The maximum Gasteiger partial charge on any atom is 0.177 e. The predicted octanol–water partition coefficient (Wildman–Crippen LogP) is 6.02. The fourth-order valence-corrected chi connectivity index (χ4v) is 4.21. The minimum absolute atomic E-state index is 0.141. The maximum atomic E-state index is 12.8. The van der Waals surface area contributed by atoms with E-state index < -0.39 is 0 Å². The smallest absolute Gasteiger partial charge is 0.177 e. The first-order valence-electron chi connectivity index (χ1n) is 9.06. The predicted molar refractivity (Wildman–Crippen MR) is 118 cm³/mol. The molecule has 0 amide bonds. The van der Waals surface area contributed by atoms with Crippen molar-refractivity contribution < 1.29 is 4.79 Å². The number of aromatic nitrogens is 2. The summed E-state index contributed by atoms with van der Waals surface area (Å²) in [6.07, 6.45) is 1.08. The van der Waals surface area contributed by atoms with Crippen molar-refractivity contribution in [2.45, 2.75) is 19.8 Å². The van der Waals surface area contributed by atoms with Crippen LogP contribution in [-0.2, 0) is 12.8 Å². The van der Waals surface area contributed by atoms with Gasteiger partial charge in [-0.2, -0.15) is 5.10 Å². The molecule has 0 N–H and O–H groups in total. The molecule has 0 saturated carbocycles. The van der Waals surface area contributed by atoms with Gasteiger partial charge in [-0.05, 0) is 48.2 Å². The van der Waals surface area contributed by atoms with Gasteiger partial charge in [-0.3, -0.25) is 4.79 Å². The zero-order valence-electron chi connectivity index (χ0n) is 15.4. The fourth-order valence-electron chi connectivity index (χ4n) is 3.28. The molecule has 2 heterocycles. The zero-order valence-corrected chi connectivity index (χ0v) is 17.8. The number of benzene rings is 2. The molecule has 0 bridgehead atoms. The molecule has 28 heavy (non-hydrogen) atoms. The van der Waals surface area contributed by atoms with Crippen LogP contribution < -0.4 is 0 Å². The molecule has 0 unspecified atom stereocenters. The topological polar surface area (TPSA) is 34.9 Å². The number of thiophene rings is 1. The van der Waals surface area contributed by atoms with Gasteiger partial charge < -0.3 is 0 Å². The Balaban J connectivity index is 1.77. The fraction of sp³-hybridized carbons (Fsp3) is 0.130. The Hall–Kier alpha value is -2.50. The lowest BCUT2D eigenvalue weighted by Gasteiger charge is -2.10. The molecule has 0 saturated heterocycles. The molecule has 0 atom stereocenters. The lowest BCUT2D eigenvalue weighted by atomic mass is 10.0. The van der Waals surface area contributed by atoms with E-state index in [1.54, 1.807) is 0 Å². The number of aryl methyl sites for hydroxylation is 1. The van der Waals surface area contributed by atoms with Crippen LogP contribution in [0.1, 0.15) is 32.2 Å². The van der Waals surface area contributed by atoms with Crippen LogP contribution in [0, 0.1) is 6.92 Å². The third-order valence-electron chi connectivity index (χ3n) is 4.71. The number of carbonyl (C=O) groups is 1. The molecule has 0 radical (unpaired) electrons. The monoisotopic (exact) mass is 450 g/mol. The summed E-state index contributed by atoms with van der Waals surface area (Å²) >= 11 is 4.98. The lowest BCUT2D eigenvalue weighted by Crippen LogP contribution is -2.08. The third kappa shape index (κ3) is 4.01.